The Morgan fingerprint density at radius 1 is 0.257 bits per heavy atom. The lowest BCUT2D eigenvalue weighted by molar-refractivity contribution is -0.161. The first-order valence-electron chi connectivity index (χ1n) is 46.2. The fraction of sp³-hybridized carbons (Fsp3) is 0.956. The number of esters is 4. The number of phosphoric ester groups is 2. The number of hydrogen-bond acceptors (Lipinski definition) is 15. The monoisotopic (exact) mass is 1590 g/mol. The van der Waals surface area contributed by atoms with Gasteiger partial charge in [0.05, 0.1) is 26.4 Å². The molecule has 0 heterocycles. The molecule has 0 rings (SSSR count). The molecule has 17 nitrogen and oxygen atoms in total. The average Bonchev–Trinajstić information content (AvgIpc) is 0.900. The Morgan fingerprint density at radius 2 is 0.440 bits per heavy atom. The number of carbonyl (C=O) groups excluding carboxylic acids is 4. The number of rotatable bonds is 87. The molecule has 3 unspecified atom stereocenters. The van der Waals surface area contributed by atoms with Crippen LogP contribution in [-0.2, 0) is 65.4 Å². The molecule has 0 fully saturated rings. The van der Waals surface area contributed by atoms with Crippen LogP contribution in [0.2, 0.25) is 0 Å². The van der Waals surface area contributed by atoms with E-state index < -0.39 is 97.5 Å². The molecule has 648 valence electrons. The second-order valence-electron chi connectivity index (χ2n) is 34.0. The van der Waals surface area contributed by atoms with Crippen LogP contribution in [0.25, 0.3) is 0 Å². The highest BCUT2D eigenvalue weighted by molar-refractivity contribution is 7.47. The smallest absolute Gasteiger partial charge is 0.462 e. The second-order valence-corrected chi connectivity index (χ2v) is 36.9. The Balaban J connectivity index is 5.24. The molecule has 0 spiro atoms. The van der Waals surface area contributed by atoms with Gasteiger partial charge >= 0.3 is 39.5 Å². The molecule has 0 aromatic heterocycles. The van der Waals surface area contributed by atoms with Crippen molar-refractivity contribution < 1.29 is 80.2 Å². The van der Waals surface area contributed by atoms with Gasteiger partial charge in [-0.3, -0.25) is 37.3 Å². The van der Waals surface area contributed by atoms with Gasteiger partial charge in [-0.05, 0) is 49.4 Å². The van der Waals surface area contributed by atoms with E-state index in [1.54, 1.807) is 0 Å². The van der Waals surface area contributed by atoms with Crippen molar-refractivity contribution in [1.82, 2.24) is 0 Å². The van der Waals surface area contributed by atoms with Gasteiger partial charge in [0.1, 0.15) is 19.3 Å². The highest BCUT2D eigenvalue weighted by Gasteiger charge is 2.31. The topological polar surface area (TPSA) is 237 Å². The van der Waals surface area contributed by atoms with E-state index in [4.69, 9.17) is 37.0 Å². The summed E-state index contributed by atoms with van der Waals surface area (Å²) in [6.07, 6.45) is 69.4. The highest BCUT2D eigenvalue weighted by atomic mass is 31.2. The predicted octanol–water partition coefficient (Wildman–Crippen LogP) is 27.5. The van der Waals surface area contributed by atoms with Crippen LogP contribution >= 0.6 is 15.6 Å². The molecule has 0 saturated carbocycles. The fourth-order valence-corrected chi connectivity index (χ4v) is 15.6. The quantitative estimate of drug-likeness (QED) is 0.0222. The van der Waals surface area contributed by atoms with Gasteiger partial charge in [0.15, 0.2) is 12.2 Å². The summed E-state index contributed by atoms with van der Waals surface area (Å²) in [5.74, 6) is 1.10. The largest absolute Gasteiger partial charge is 0.472 e. The first-order valence-corrected chi connectivity index (χ1v) is 49.2. The molecular formula is C90H176O17P2. The van der Waals surface area contributed by atoms with Crippen molar-refractivity contribution in [2.45, 2.75) is 491 Å². The van der Waals surface area contributed by atoms with Crippen molar-refractivity contribution in [3.05, 3.63) is 0 Å². The number of phosphoric acid groups is 2. The van der Waals surface area contributed by atoms with Gasteiger partial charge in [0, 0.05) is 25.7 Å². The zero-order valence-electron chi connectivity index (χ0n) is 72.2. The zero-order valence-corrected chi connectivity index (χ0v) is 74.0. The van der Waals surface area contributed by atoms with E-state index in [1.165, 1.54) is 276 Å². The predicted molar refractivity (Wildman–Crippen MR) is 451 cm³/mol. The van der Waals surface area contributed by atoms with Crippen LogP contribution in [-0.4, -0.2) is 96.7 Å². The van der Waals surface area contributed by atoms with E-state index in [-0.39, 0.29) is 25.7 Å². The summed E-state index contributed by atoms with van der Waals surface area (Å²) >= 11 is 0. The molecule has 0 aromatic rings. The van der Waals surface area contributed by atoms with Crippen LogP contribution in [0.15, 0.2) is 0 Å². The molecule has 0 radical (unpaired) electrons. The maximum absolute atomic E-state index is 13.2. The Kier molecular flexibility index (Phi) is 77.2. The minimum atomic E-state index is -4.97. The molecule has 0 saturated heterocycles. The zero-order chi connectivity index (χ0) is 80.2. The van der Waals surface area contributed by atoms with Gasteiger partial charge in [0.2, 0.25) is 0 Å². The summed E-state index contributed by atoms with van der Waals surface area (Å²) in [4.78, 5) is 73.4. The van der Waals surface area contributed by atoms with E-state index >= 15 is 0 Å². The van der Waals surface area contributed by atoms with Gasteiger partial charge in [-0.15, -0.1) is 0 Å². The third kappa shape index (κ3) is 82.4. The SMILES string of the molecule is CCC(C)CCCCCCCCCCCCCCCCC(=O)O[C@H](COC(=O)CCCCCCCCCCC(C)C)COP(=O)(O)OC[C@H](O)COP(=O)(O)OC[C@@H](COC(=O)CCCCCCCCCCCCCCCCCCC(C)C)OC(=O)CCCCCCCCCCCCCCCCCCCCC(C)C. The van der Waals surface area contributed by atoms with Crippen LogP contribution in [0.1, 0.15) is 473 Å². The van der Waals surface area contributed by atoms with Gasteiger partial charge in [-0.25, -0.2) is 9.13 Å². The number of aliphatic hydroxyl groups excluding tert-OH is 1. The summed E-state index contributed by atoms with van der Waals surface area (Å²) < 4.78 is 69.0. The first-order chi connectivity index (χ1) is 52.6. The molecule has 0 aliphatic rings. The minimum Gasteiger partial charge on any atom is -0.462 e. The molecule has 0 bridgehead atoms. The fourth-order valence-electron chi connectivity index (χ4n) is 14.0. The molecule has 6 atom stereocenters. The van der Waals surface area contributed by atoms with Crippen molar-refractivity contribution in [3.8, 4) is 0 Å². The third-order valence-corrected chi connectivity index (χ3v) is 23.3. The number of hydrogen-bond donors (Lipinski definition) is 3. The van der Waals surface area contributed by atoms with Gasteiger partial charge in [-0.1, -0.05) is 421 Å². The number of carbonyl (C=O) groups is 4. The molecule has 109 heavy (non-hydrogen) atoms. The molecule has 0 amide bonds. The molecule has 19 heteroatoms. The van der Waals surface area contributed by atoms with Crippen LogP contribution in [0.5, 0.6) is 0 Å². The number of unbranched alkanes of at least 4 members (excludes halogenated alkanes) is 52. The maximum atomic E-state index is 13.2. The van der Waals surface area contributed by atoms with Crippen molar-refractivity contribution in [2.24, 2.45) is 23.7 Å². The van der Waals surface area contributed by atoms with E-state index in [0.29, 0.717) is 25.7 Å². The molecular weight excluding hydrogens is 1410 g/mol. The van der Waals surface area contributed by atoms with E-state index in [2.05, 4.69) is 55.4 Å². The summed E-state index contributed by atoms with van der Waals surface area (Å²) in [6, 6.07) is 0. The van der Waals surface area contributed by atoms with E-state index in [0.717, 1.165) is 114 Å². The summed E-state index contributed by atoms with van der Waals surface area (Å²) in [5.41, 5.74) is 0. The normalized spacial score (nSPS) is 14.1. The molecule has 0 aromatic carbocycles. The van der Waals surface area contributed by atoms with E-state index in [9.17, 15) is 43.2 Å². The summed E-state index contributed by atoms with van der Waals surface area (Å²) in [6.45, 7) is 14.4. The second kappa shape index (κ2) is 78.6. The lowest BCUT2D eigenvalue weighted by atomic mass is 9.99. The summed E-state index contributed by atoms with van der Waals surface area (Å²) in [7, 11) is -9.94. The van der Waals surface area contributed by atoms with Crippen molar-refractivity contribution >= 4 is 39.5 Å². The van der Waals surface area contributed by atoms with Crippen LogP contribution in [0.3, 0.4) is 0 Å². The Labute approximate surface area is 670 Å². The number of aliphatic hydroxyl groups is 1. The van der Waals surface area contributed by atoms with Gasteiger partial charge < -0.3 is 33.8 Å². The average molecular weight is 1590 g/mol. The third-order valence-electron chi connectivity index (χ3n) is 21.4. The van der Waals surface area contributed by atoms with Crippen molar-refractivity contribution in [3.63, 3.8) is 0 Å². The minimum absolute atomic E-state index is 0.107. The first kappa shape index (κ1) is 107. The maximum Gasteiger partial charge on any atom is 0.472 e. The molecule has 0 aliphatic heterocycles. The molecule has 3 N–H and O–H groups in total. The molecule has 0 aliphatic carbocycles. The highest BCUT2D eigenvalue weighted by Crippen LogP contribution is 2.45. The van der Waals surface area contributed by atoms with E-state index in [1.807, 2.05) is 0 Å². The Bertz CT molecular complexity index is 2110. The summed E-state index contributed by atoms with van der Waals surface area (Å²) in [5, 5.41) is 10.7. The Hall–Kier alpha value is -1.94. The van der Waals surface area contributed by atoms with Crippen LogP contribution in [0.4, 0.5) is 0 Å². The van der Waals surface area contributed by atoms with Crippen molar-refractivity contribution in [2.75, 3.05) is 39.6 Å². The van der Waals surface area contributed by atoms with Crippen molar-refractivity contribution in [1.29, 1.82) is 0 Å². The standard InChI is InChI=1S/C90H176O17P2/c1-9-83(8)69-61-53-45-36-30-24-20-21-27-33-39-49-57-65-73-90(95)107-86(77-101-88(93)71-63-55-47-41-40-44-52-60-68-82(6)7)79-105-109(98,99)103-75-84(91)74-102-108(96,97)104-78-85(76-100-87(92)70-62-54-46-37-31-25-18-15-14-17-23-29-35-43-51-59-67-81(4)5)106-89(94)72-64-56-48-38-32-26-19-13-11-10-12-16-22-28-34-42-50-58-66-80(2)3/h80-86,91H,9-79H2,1-8H3,(H,96,97)(H,98,99)/t83?,84-,85-,86-/m1/s1. The van der Waals surface area contributed by atoms with Crippen LogP contribution < -0.4 is 0 Å². The van der Waals surface area contributed by atoms with Gasteiger partial charge in [0.25, 0.3) is 0 Å². The van der Waals surface area contributed by atoms with Crippen LogP contribution in [0, 0.1) is 23.7 Å². The Morgan fingerprint density at radius 3 is 0.651 bits per heavy atom. The number of ether oxygens (including phenoxy) is 4. The lowest BCUT2D eigenvalue weighted by Crippen LogP contribution is -2.30. The van der Waals surface area contributed by atoms with Gasteiger partial charge in [-0.2, -0.15) is 0 Å². The lowest BCUT2D eigenvalue weighted by Gasteiger charge is -2.21.